The van der Waals surface area contributed by atoms with Crippen molar-refractivity contribution >= 4 is 5.82 Å². The second-order valence-electron chi connectivity index (χ2n) is 4.00. The van der Waals surface area contributed by atoms with E-state index in [1.165, 1.54) is 6.07 Å². The van der Waals surface area contributed by atoms with Crippen molar-refractivity contribution in [1.29, 1.82) is 0 Å². The Hall–Kier alpha value is -2.11. The van der Waals surface area contributed by atoms with Gasteiger partial charge in [-0.05, 0) is 18.6 Å². The first kappa shape index (κ1) is 13.3. The normalized spacial score (nSPS) is 10.9. The predicted molar refractivity (Wildman–Crippen MR) is 67.0 cm³/mol. The summed E-state index contributed by atoms with van der Waals surface area (Å²) >= 11 is 0. The Morgan fingerprint density at radius 1 is 1.37 bits per heavy atom. The minimum absolute atomic E-state index is 0.0472. The number of aromatic nitrogens is 1. The summed E-state index contributed by atoms with van der Waals surface area (Å²) in [4.78, 5) is 0. The summed E-state index contributed by atoms with van der Waals surface area (Å²) in [5.41, 5.74) is 6.86. The Bertz CT molecular complexity index is 555. The van der Waals surface area contributed by atoms with E-state index < -0.39 is 6.61 Å². The van der Waals surface area contributed by atoms with Gasteiger partial charge in [-0.15, -0.1) is 0 Å². The van der Waals surface area contributed by atoms with Crippen LogP contribution in [0.1, 0.15) is 18.9 Å². The monoisotopic (exact) mass is 268 g/mol. The molecule has 0 spiro atoms. The molecule has 2 N–H and O–H groups in total. The van der Waals surface area contributed by atoms with Crippen LogP contribution in [0.5, 0.6) is 5.75 Å². The third-order valence-corrected chi connectivity index (χ3v) is 2.67. The number of alkyl halides is 2. The Labute approximate surface area is 109 Å². The maximum atomic E-state index is 12.4. The molecule has 1 heterocycles. The minimum Gasteiger partial charge on any atom is -0.434 e. The van der Waals surface area contributed by atoms with Crippen LogP contribution in [0.2, 0.25) is 0 Å². The average molecular weight is 268 g/mol. The lowest BCUT2D eigenvalue weighted by Gasteiger charge is -2.09. The van der Waals surface area contributed by atoms with Crippen molar-refractivity contribution in [3.63, 3.8) is 0 Å². The molecule has 1 aromatic heterocycles. The number of ether oxygens (including phenoxy) is 1. The van der Waals surface area contributed by atoms with Gasteiger partial charge >= 0.3 is 6.61 Å². The highest BCUT2D eigenvalue weighted by atomic mass is 19.3. The molecular formula is C13H14F2N2O2. The Morgan fingerprint density at radius 3 is 2.79 bits per heavy atom. The molecule has 0 saturated heterocycles. The van der Waals surface area contributed by atoms with E-state index in [1.807, 2.05) is 6.92 Å². The third kappa shape index (κ3) is 2.83. The molecular weight excluding hydrogens is 254 g/mol. The average Bonchev–Trinajstić information content (AvgIpc) is 2.72. The molecule has 2 aromatic rings. The molecule has 1 aromatic carbocycles. The van der Waals surface area contributed by atoms with Crippen LogP contribution in [-0.4, -0.2) is 11.8 Å². The fourth-order valence-electron chi connectivity index (χ4n) is 1.88. The molecule has 0 unspecified atom stereocenters. The largest absolute Gasteiger partial charge is 0.434 e. The lowest BCUT2D eigenvalue weighted by Crippen LogP contribution is -2.03. The third-order valence-electron chi connectivity index (χ3n) is 2.67. The summed E-state index contributed by atoms with van der Waals surface area (Å²) in [7, 11) is 0. The number of nitrogens with zero attached hydrogens (tertiary/aromatic N) is 1. The van der Waals surface area contributed by atoms with Crippen LogP contribution in [0.4, 0.5) is 14.6 Å². The van der Waals surface area contributed by atoms with Crippen LogP contribution in [0.15, 0.2) is 28.8 Å². The quantitative estimate of drug-likeness (QED) is 0.901. The SMILES string of the molecule is CCCc1c(N)noc1-c1ccccc1OC(F)F. The molecule has 0 aliphatic heterocycles. The molecule has 19 heavy (non-hydrogen) atoms. The van der Waals surface area contributed by atoms with E-state index in [2.05, 4.69) is 9.89 Å². The Kier molecular flexibility index (Phi) is 3.99. The zero-order valence-electron chi connectivity index (χ0n) is 10.4. The van der Waals surface area contributed by atoms with Crippen molar-refractivity contribution in [3.8, 4) is 17.1 Å². The molecule has 0 saturated carbocycles. The topological polar surface area (TPSA) is 61.3 Å². The van der Waals surface area contributed by atoms with E-state index >= 15 is 0 Å². The molecule has 4 nitrogen and oxygen atoms in total. The molecule has 0 aliphatic rings. The predicted octanol–water partition coefficient (Wildman–Crippen LogP) is 3.48. The van der Waals surface area contributed by atoms with Gasteiger partial charge in [-0.25, -0.2) is 0 Å². The summed E-state index contributed by atoms with van der Waals surface area (Å²) in [5.74, 6) is 0.713. The zero-order chi connectivity index (χ0) is 13.8. The number of nitrogens with two attached hydrogens (primary N) is 1. The smallest absolute Gasteiger partial charge is 0.387 e. The maximum absolute atomic E-state index is 12.4. The number of nitrogen functional groups attached to an aromatic ring is 1. The first-order chi connectivity index (χ1) is 9.13. The van der Waals surface area contributed by atoms with Crippen molar-refractivity contribution in [2.45, 2.75) is 26.4 Å². The standard InChI is InChI=1S/C13H14F2N2O2/c1-2-5-9-11(19-17-12(9)16)8-6-3-4-7-10(8)18-13(14)15/h3-4,6-7,13H,2,5H2,1H3,(H2,16,17). The lowest BCUT2D eigenvalue weighted by atomic mass is 10.0. The molecule has 0 atom stereocenters. The van der Waals surface area contributed by atoms with Crippen molar-refractivity contribution in [3.05, 3.63) is 29.8 Å². The van der Waals surface area contributed by atoms with Gasteiger partial charge in [0.15, 0.2) is 11.6 Å². The Balaban J connectivity index is 2.46. The van der Waals surface area contributed by atoms with Crippen molar-refractivity contribution in [2.24, 2.45) is 0 Å². The van der Waals surface area contributed by atoms with E-state index in [-0.39, 0.29) is 11.6 Å². The second-order valence-corrected chi connectivity index (χ2v) is 4.00. The number of hydrogen-bond acceptors (Lipinski definition) is 4. The number of rotatable bonds is 5. The molecule has 102 valence electrons. The molecule has 0 amide bonds. The van der Waals surface area contributed by atoms with Crippen LogP contribution >= 0.6 is 0 Å². The molecule has 0 fully saturated rings. The van der Waals surface area contributed by atoms with E-state index in [9.17, 15) is 8.78 Å². The summed E-state index contributed by atoms with van der Waals surface area (Å²) < 4.78 is 34.4. The molecule has 0 radical (unpaired) electrons. The Morgan fingerprint density at radius 2 is 2.11 bits per heavy atom. The van der Waals surface area contributed by atoms with E-state index in [1.54, 1.807) is 18.2 Å². The number of anilines is 1. The number of hydrogen-bond donors (Lipinski definition) is 1. The number of halogens is 2. The van der Waals surface area contributed by atoms with E-state index in [0.29, 0.717) is 23.3 Å². The van der Waals surface area contributed by atoms with Crippen molar-refractivity contribution < 1.29 is 18.0 Å². The summed E-state index contributed by atoms with van der Waals surface area (Å²) in [6, 6.07) is 6.41. The van der Waals surface area contributed by atoms with Crippen molar-refractivity contribution in [2.75, 3.05) is 5.73 Å². The van der Waals surface area contributed by atoms with E-state index in [0.717, 1.165) is 6.42 Å². The molecule has 6 heteroatoms. The van der Waals surface area contributed by atoms with Crippen LogP contribution in [-0.2, 0) is 6.42 Å². The van der Waals surface area contributed by atoms with Crippen LogP contribution < -0.4 is 10.5 Å². The van der Waals surface area contributed by atoms with Gasteiger partial charge in [0, 0.05) is 5.56 Å². The molecule has 2 rings (SSSR count). The summed E-state index contributed by atoms with van der Waals surface area (Å²) in [5, 5.41) is 3.69. The van der Waals surface area contributed by atoms with Gasteiger partial charge in [0.25, 0.3) is 0 Å². The highest BCUT2D eigenvalue weighted by molar-refractivity contribution is 5.71. The summed E-state index contributed by atoms with van der Waals surface area (Å²) in [6.07, 6.45) is 1.50. The first-order valence-electron chi connectivity index (χ1n) is 5.91. The van der Waals surface area contributed by atoms with Crippen molar-refractivity contribution in [1.82, 2.24) is 5.16 Å². The fourth-order valence-corrected chi connectivity index (χ4v) is 1.88. The maximum Gasteiger partial charge on any atom is 0.387 e. The fraction of sp³-hybridized carbons (Fsp3) is 0.308. The van der Waals surface area contributed by atoms with E-state index in [4.69, 9.17) is 10.3 Å². The second kappa shape index (κ2) is 5.69. The van der Waals surface area contributed by atoms with Gasteiger partial charge in [-0.3, -0.25) is 0 Å². The molecule has 0 bridgehead atoms. The van der Waals surface area contributed by atoms with Gasteiger partial charge in [0.1, 0.15) is 5.75 Å². The van der Waals surface area contributed by atoms with Gasteiger partial charge < -0.3 is 15.0 Å². The lowest BCUT2D eigenvalue weighted by molar-refractivity contribution is -0.0495. The van der Waals surface area contributed by atoms with Gasteiger partial charge in [0.05, 0.1) is 5.56 Å². The van der Waals surface area contributed by atoms with Crippen LogP contribution in [0, 0.1) is 0 Å². The van der Waals surface area contributed by atoms with Gasteiger partial charge in [-0.2, -0.15) is 8.78 Å². The highest BCUT2D eigenvalue weighted by Gasteiger charge is 2.19. The number of para-hydroxylation sites is 1. The highest BCUT2D eigenvalue weighted by Crippen LogP contribution is 2.35. The molecule has 0 aliphatic carbocycles. The first-order valence-corrected chi connectivity index (χ1v) is 5.91. The van der Waals surface area contributed by atoms with Crippen LogP contribution in [0.25, 0.3) is 11.3 Å². The zero-order valence-corrected chi connectivity index (χ0v) is 10.4. The minimum atomic E-state index is -2.89. The van der Waals surface area contributed by atoms with Gasteiger partial charge in [0.2, 0.25) is 0 Å². The number of benzene rings is 1. The van der Waals surface area contributed by atoms with Crippen LogP contribution in [0.3, 0.4) is 0 Å². The van der Waals surface area contributed by atoms with Gasteiger partial charge in [-0.1, -0.05) is 30.6 Å². The summed E-state index contributed by atoms with van der Waals surface area (Å²) in [6.45, 7) is -0.909.